The van der Waals surface area contributed by atoms with Gasteiger partial charge < -0.3 is 24.0 Å². The summed E-state index contributed by atoms with van der Waals surface area (Å²) in [6.45, 7) is 1.99. The Balaban J connectivity index is 1.56. The molecule has 0 aliphatic carbocycles. The lowest BCUT2D eigenvalue weighted by molar-refractivity contribution is 0.208. The quantitative estimate of drug-likeness (QED) is 0.680. The highest BCUT2D eigenvalue weighted by Crippen LogP contribution is 2.37. The number of nitrogens with zero attached hydrogens (tertiary/aromatic N) is 4. The Hall–Kier alpha value is -3.13. The van der Waals surface area contributed by atoms with Crippen molar-refractivity contribution in [1.82, 2.24) is 15.1 Å². The fourth-order valence-electron chi connectivity index (χ4n) is 3.64. The van der Waals surface area contributed by atoms with Crippen molar-refractivity contribution in [2.24, 2.45) is 5.92 Å². The van der Waals surface area contributed by atoms with E-state index in [2.05, 4.69) is 20.0 Å². The van der Waals surface area contributed by atoms with Crippen LogP contribution in [0.15, 0.2) is 41.1 Å². The number of piperidine rings is 1. The largest absolute Gasteiger partial charge is 0.493 e. The van der Waals surface area contributed by atoms with Gasteiger partial charge in [0.2, 0.25) is 5.82 Å². The van der Waals surface area contributed by atoms with E-state index in [1.165, 1.54) is 0 Å². The van der Waals surface area contributed by atoms with Crippen molar-refractivity contribution in [1.29, 1.82) is 0 Å². The second kappa shape index (κ2) is 8.48. The zero-order valence-corrected chi connectivity index (χ0v) is 16.5. The van der Waals surface area contributed by atoms with Crippen molar-refractivity contribution in [2.45, 2.75) is 12.8 Å². The van der Waals surface area contributed by atoms with E-state index in [1.54, 1.807) is 20.4 Å². The maximum atomic E-state index is 9.42. The van der Waals surface area contributed by atoms with Gasteiger partial charge in [-0.25, -0.2) is 4.98 Å². The molecule has 0 unspecified atom stereocenters. The van der Waals surface area contributed by atoms with Crippen LogP contribution < -0.4 is 14.4 Å². The average molecular weight is 396 g/mol. The number of methoxy groups -OCH3 is 2. The normalized spacial score (nSPS) is 16.7. The molecule has 8 heteroatoms. The van der Waals surface area contributed by atoms with E-state index < -0.39 is 0 Å². The van der Waals surface area contributed by atoms with Crippen molar-refractivity contribution < 1.29 is 19.1 Å². The van der Waals surface area contributed by atoms with E-state index in [1.807, 2.05) is 30.3 Å². The van der Waals surface area contributed by atoms with E-state index in [4.69, 9.17) is 14.0 Å². The van der Waals surface area contributed by atoms with E-state index in [9.17, 15) is 5.11 Å². The number of ether oxygens (including phenoxy) is 2. The predicted molar refractivity (Wildman–Crippen MR) is 108 cm³/mol. The van der Waals surface area contributed by atoms with E-state index in [0.717, 1.165) is 37.3 Å². The molecule has 0 bridgehead atoms. The average Bonchev–Trinajstić information content (AvgIpc) is 3.28. The number of anilines is 1. The van der Waals surface area contributed by atoms with Crippen molar-refractivity contribution in [3.63, 3.8) is 0 Å². The smallest absolute Gasteiger partial charge is 0.259 e. The van der Waals surface area contributed by atoms with Crippen LogP contribution in [-0.4, -0.2) is 54.1 Å². The highest BCUT2D eigenvalue weighted by molar-refractivity contribution is 5.69. The predicted octanol–water partition coefficient (Wildman–Crippen LogP) is 3.02. The van der Waals surface area contributed by atoms with Crippen molar-refractivity contribution in [3.05, 3.63) is 36.5 Å². The molecule has 1 aliphatic heterocycles. The lowest BCUT2D eigenvalue weighted by Crippen LogP contribution is -2.37. The van der Waals surface area contributed by atoms with E-state index >= 15 is 0 Å². The maximum Gasteiger partial charge on any atom is 0.259 e. The topological polar surface area (TPSA) is 93.7 Å². The van der Waals surface area contributed by atoms with Gasteiger partial charge >= 0.3 is 0 Å². The third kappa shape index (κ3) is 3.88. The SMILES string of the molecule is COc1cccc(-c2noc(-c3ccc(N4CCC[C@@H](CO)C4)nc3)n2)c1OC. The fourth-order valence-corrected chi connectivity index (χ4v) is 3.64. The summed E-state index contributed by atoms with van der Waals surface area (Å²) in [6.07, 6.45) is 3.85. The molecule has 8 nitrogen and oxygen atoms in total. The molecule has 1 N–H and O–H groups in total. The second-order valence-corrected chi connectivity index (χ2v) is 7.01. The molecule has 152 valence electrons. The van der Waals surface area contributed by atoms with Crippen molar-refractivity contribution in [3.8, 4) is 34.3 Å². The van der Waals surface area contributed by atoms with Crippen LogP contribution in [0.5, 0.6) is 11.5 Å². The monoisotopic (exact) mass is 396 g/mol. The molecule has 0 saturated carbocycles. The van der Waals surface area contributed by atoms with Gasteiger partial charge in [-0.2, -0.15) is 4.98 Å². The Kier molecular flexibility index (Phi) is 5.62. The van der Waals surface area contributed by atoms with Crippen LogP contribution >= 0.6 is 0 Å². The molecular formula is C21H24N4O4. The first-order valence-corrected chi connectivity index (χ1v) is 9.60. The minimum absolute atomic E-state index is 0.215. The minimum Gasteiger partial charge on any atom is -0.493 e. The Morgan fingerprint density at radius 2 is 2.10 bits per heavy atom. The van der Waals surface area contributed by atoms with Gasteiger partial charge in [0.15, 0.2) is 11.5 Å². The summed E-state index contributed by atoms with van der Waals surface area (Å²) in [5, 5.41) is 13.5. The van der Waals surface area contributed by atoms with Crippen LogP contribution in [0.4, 0.5) is 5.82 Å². The first-order chi connectivity index (χ1) is 14.2. The lowest BCUT2D eigenvalue weighted by atomic mass is 9.99. The summed E-state index contributed by atoms with van der Waals surface area (Å²) in [4.78, 5) is 11.3. The molecule has 3 heterocycles. The summed E-state index contributed by atoms with van der Waals surface area (Å²) in [5.41, 5.74) is 1.43. The third-order valence-electron chi connectivity index (χ3n) is 5.17. The number of benzene rings is 1. The number of hydrogen-bond donors (Lipinski definition) is 1. The van der Waals surface area contributed by atoms with Gasteiger partial charge in [-0.3, -0.25) is 0 Å². The number of aliphatic hydroxyl groups is 1. The van der Waals surface area contributed by atoms with Crippen LogP contribution in [-0.2, 0) is 0 Å². The van der Waals surface area contributed by atoms with E-state index in [-0.39, 0.29) is 6.61 Å². The Labute approximate surface area is 169 Å². The molecule has 2 aromatic heterocycles. The highest BCUT2D eigenvalue weighted by Gasteiger charge is 2.21. The molecule has 0 amide bonds. The van der Waals surface area contributed by atoms with Crippen LogP contribution in [0.2, 0.25) is 0 Å². The number of aliphatic hydroxyl groups excluding tert-OH is 1. The number of rotatable bonds is 6. The Morgan fingerprint density at radius 3 is 2.83 bits per heavy atom. The summed E-state index contributed by atoms with van der Waals surface area (Å²) in [6, 6.07) is 9.39. The Morgan fingerprint density at radius 1 is 1.21 bits per heavy atom. The van der Waals surface area contributed by atoms with Gasteiger partial charge in [0.05, 0.1) is 25.3 Å². The number of para-hydroxylation sites is 1. The second-order valence-electron chi connectivity index (χ2n) is 7.01. The molecule has 29 heavy (non-hydrogen) atoms. The molecule has 1 saturated heterocycles. The molecule has 0 spiro atoms. The summed E-state index contributed by atoms with van der Waals surface area (Å²) < 4.78 is 16.2. The highest BCUT2D eigenvalue weighted by atomic mass is 16.5. The standard InChI is InChI=1S/C21H24N4O4/c1-27-17-7-3-6-16(19(17)28-2)20-23-21(29-24-20)15-8-9-18(22-11-15)25-10-4-5-14(12-25)13-26/h3,6-9,11,14,26H,4-5,10,12-13H2,1-2H3/t14-/m1/s1. The summed E-state index contributed by atoms with van der Waals surface area (Å²) in [5.74, 6) is 3.16. The van der Waals surface area contributed by atoms with Crippen molar-refractivity contribution >= 4 is 5.82 Å². The Bertz CT molecular complexity index is 958. The molecule has 1 fully saturated rings. The van der Waals surface area contributed by atoms with Gasteiger partial charge in [-0.1, -0.05) is 11.2 Å². The van der Waals surface area contributed by atoms with Crippen molar-refractivity contribution in [2.75, 3.05) is 38.8 Å². The molecule has 0 radical (unpaired) electrons. The summed E-state index contributed by atoms with van der Waals surface area (Å²) >= 11 is 0. The fraction of sp³-hybridized carbons (Fsp3) is 0.381. The molecule has 1 aromatic carbocycles. The first kappa shape index (κ1) is 19.2. The van der Waals surface area contributed by atoms with Crippen LogP contribution in [0, 0.1) is 5.92 Å². The van der Waals surface area contributed by atoms with Gasteiger partial charge in [0.1, 0.15) is 5.82 Å². The zero-order valence-electron chi connectivity index (χ0n) is 16.5. The van der Waals surface area contributed by atoms with Crippen LogP contribution in [0.25, 0.3) is 22.8 Å². The van der Waals surface area contributed by atoms with Crippen LogP contribution in [0.1, 0.15) is 12.8 Å². The van der Waals surface area contributed by atoms with Gasteiger partial charge in [-0.15, -0.1) is 0 Å². The summed E-state index contributed by atoms with van der Waals surface area (Å²) in [7, 11) is 3.16. The third-order valence-corrected chi connectivity index (χ3v) is 5.17. The minimum atomic E-state index is 0.215. The van der Waals surface area contributed by atoms with E-state index in [0.29, 0.717) is 34.7 Å². The molecule has 1 aliphatic rings. The number of hydrogen-bond acceptors (Lipinski definition) is 8. The lowest BCUT2D eigenvalue weighted by Gasteiger charge is -2.32. The maximum absolute atomic E-state index is 9.42. The zero-order chi connectivity index (χ0) is 20.2. The number of aromatic nitrogens is 3. The first-order valence-electron chi connectivity index (χ1n) is 9.60. The van der Waals surface area contributed by atoms with Gasteiger partial charge in [-0.05, 0) is 43.0 Å². The number of pyridine rings is 1. The molecular weight excluding hydrogens is 372 g/mol. The molecule has 3 aromatic rings. The van der Waals surface area contributed by atoms with Gasteiger partial charge in [0.25, 0.3) is 5.89 Å². The molecule has 4 rings (SSSR count). The van der Waals surface area contributed by atoms with Crippen LogP contribution in [0.3, 0.4) is 0 Å². The van der Waals surface area contributed by atoms with Gasteiger partial charge in [0, 0.05) is 25.9 Å². The molecule has 1 atom stereocenters.